The van der Waals surface area contributed by atoms with Crippen LogP contribution in [0.15, 0.2) is 18.2 Å². The normalized spacial score (nSPS) is 16.8. The molecule has 2 amide bonds. The average molecular weight is 336 g/mol. The van der Waals surface area contributed by atoms with E-state index in [0.29, 0.717) is 12.5 Å². The van der Waals surface area contributed by atoms with E-state index in [2.05, 4.69) is 4.74 Å². The third-order valence-electron chi connectivity index (χ3n) is 3.33. The number of ether oxygens (including phenoxy) is 1. The van der Waals surface area contributed by atoms with Crippen LogP contribution < -0.4 is 10.1 Å². The molecule has 1 fully saturated rings. The molecule has 23 heavy (non-hydrogen) atoms. The number of halogens is 4. The topological polar surface area (TPSA) is 50.8 Å². The molecule has 1 atom stereocenters. The van der Waals surface area contributed by atoms with Crippen LogP contribution in [0.1, 0.15) is 24.4 Å². The Labute approximate surface area is 130 Å². The van der Waals surface area contributed by atoms with Crippen LogP contribution in [-0.4, -0.2) is 37.5 Å². The van der Waals surface area contributed by atoms with Gasteiger partial charge in [-0.05, 0) is 30.5 Å². The highest BCUT2D eigenvalue weighted by Gasteiger charge is 2.43. The van der Waals surface area contributed by atoms with Crippen molar-refractivity contribution in [2.24, 2.45) is 0 Å². The fraction of sp³-hybridized carbons (Fsp3) is 0.500. The lowest BCUT2D eigenvalue weighted by atomic mass is 10.1. The van der Waals surface area contributed by atoms with E-state index in [1.54, 1.807) is 0 Å². The molecule has 1 N–H and O–H groups in total. The Morgan fingerprint density at radius 1 is 1.39 bits per heavy atom. The number of alkyl halides is 3. The Bertz CT molecular complexity index is 559. The number of hydrogen-bond donors (Lipinski definition) is 1. The van der Waals surface area contributed by atoms with Gasteiger partial charge in [0.2, 0.25) is 0 Å². The summed E-state index contributed by atoms with van der Waals surface area (Å²) >= 11 is 0. The molecule has 0 bridgehead atoms. The van der Waals surface area contributed by atoms with Gasteiger partial charge in [-0.3, -0.25) is 4.84 Å². The van der Waals surface area contributed by atoms with Crippen LogP contribution in [0, 0.1) is 5.82 Å². The van der Waals surface area contributed by atoms with Gasteiger partial charge in [-0.2, -0.15) is 13.2 Å². The monoisotopic (exact) mass is 336 g/mol. The summed E-state index contributed by atoms with van der Waals surface area (Å²) < 4.78 is 58.0. The molecule has 0 aliphatic carbocycles. The lowest BCUT2D eigenvalue weighted by Gasteiger charge is -2.29. The van der Waals surface area contributed by atoms with Crippen molar-refractivity contribution >= 4 is 6.03 Å². The largest absolute Gasteiger partial charge is 0.494 e. The number of methoxy groups -OCH3 is 1. The molecule has 0 radical (unpaired) electrons. The minimum atomic E-state index is -4.79. The van der Waals surface area contributed by atoms with Crippen LogP contribution in [0.2, 0.25) is 0 Å². The molecular formula is C14H16F4N2O3. The number of rotatable bonds is 3. The summed E-state index contributed by atoms with van der Waals surface area (Å²) in [6.45, 7) is 0.467. The van der Waals surface area contributed by atoms with Crippen molar-refractivity contribution in [2.45, 2.75) is 25.1 Å². The van der Waals surface area contributed by atoms with Gasteiger partial charge in [0.1, 0.15) is 0 Å². The van der Waals surface area contributed by atoms with Gasteiger partial charge < -0.3 is 10.1 Å². The molecule has 1 aliphatic rings. The number of hydroxylamine groups is 2. The van der Waals surface area contributed by atoms with Crippen LogP contribution in [0.5, 0.6) is 5.75 Å². The smallest absolute Gasteiger partial charge is 0.412 e. The molecule has 1 saturated heterocycles. The molecule has 1 aliphatic heterocycles. The molecule has 1 heterocycles. The van der Waals surface area contributed by atoms with Gasteiger partial charge in [-0.15, -0.1) is 0 Å². The first-order valence-corrected chi connectivity index (χ1v) is 6.94. The number of hydrogen-bond acceptors (Lipinski definition) is 3. The zero-order chi connectivity index (χ0) is 17.0. The maximum absolute atomic E-state index is 13.7. The van der Waals surface area contributed by atoms with Crippen molar-refractivity contribution in [2.75, 3.05) is 20.3 Å². The number of benzene rings is 1. The SMILES string of the molecule is COc1ccc([C@H](NC(=O)N2CCCCO2)C(F)(F)F)cc1F. The van der Waals surface area contributed by atoms with E-state index in [0.717, 1.165) is 23.6 Å². The molecule has 0 unspecified atom stereocenters. The molecule has 128 valence electrons. The number of urea groups is 1. The van der Waals surface area contributed by atoms with Gasteiger partial charge in [0.25, 0.3) is 0 Å². The van der Waals surface area contributed by atoms with E-state index in [4.69, 9.17) is 4.84 Å². The van der Waals surface area contributed by atoms with E-state index in [1.165, 1.54) is 7.11 Å². The number of carbonyl (C=O) groups excluding carboxylic acids is 1. The summed E-state index contributed by atoms with van der Waals surface area (Å²) in [5.41, 5.74) is -0.429. The fourth-order valence-electron chi connectivity index (χ4n) is 2.17. The van der Waals surface area contributed by atoms with Crippen molar-refractivity contribution < 1.29 is 31.9 Å². The predicted octanol–water partition coefficient (Wildman–Crippen LogP) is 3.17. The molecule has 0 saturated carbocycles. The van der Waals surface area contributed by atoms with Crippen LogP contribution in [0.4, 0.5) is 22.4 Å². The van der Waals surface area contributed by atoms with Crippen LogP contribution in [0.3, 0.4) is 0 Å². The maximum atomic E-state index is 13.7. The van der Waals surface area contributed by atoms with E-state index in [1.807, 2.05) is 5.32 Å². The van der Waals surface area contributed by atoms with Crippen molar-refractivity contribution in [3.05, 3.63) is 29.6 Å². The summed E-state index contributed by atoms with van der Waals surface area (Å²) in [6.07, 6.45) is -3.41. The molecule has 1 aromatic rings. The van der Waals surface area contributed by atoms with Gasteiger partial charge in [0, 0.05) is 0 Å². The fourth-order valence-corrected chi connectivity index (χ4v) is 2.17. The Morgan fingerprint density at radius 2 is 2.13 bits per heavy atom. The second-order valence-corrected chi connectivity index (χ2v) is 4.96. The van der Waals surface area contributed by atoms with Crippen molar-refractivity contribution in [1.29, 1.82) is 0 Å². The molecule has 2 rings (SSSR count). The molecule has 0 aromatic heterocycles. The van der Waals surface area contributed by atoms with Gasteiger partial charge in [0.15, 0.2) is 17.6 Å². The van der Waals surface area contributed by atoms with Crippen molar-refractivity contribution in [1.82, 2.24) is 10.4 Å². The van der Waals surface area contributed by atoms with E-state index >= 15 is 0 Å². The Balaban J connectivity index is 2.20. The Kier molecular flexibility index (Phi) is 5.30. The molecule has 9 heteroatoms. The minimum absolute atomic E-state index is 0.180. The molecule has 0 spiro atoms. The van der Waals surface area contributed by atoms with Crippen LogP contribution >= 0.6 is 0 Å². The summed E-state index contributed by atoms with van der Waals surface area (Å²) in [5.74, 6) is -1.12. The number of nitrogens with zero attached hydrogens (tertiary/aromatic N) is 1. The molecule has 1 aromatic carbocycles. The van der Waals surface area contributed by atoms with E-state index < -0.39 is 29.6 Å². The third-order valence-corrected chi connectivity index (χ3v) is 3.33. The summed E-state index contributed by atoms with van der Waals surface area (Å²) in [6, 6.07) is -0.539. The minimum Gasteiger partial charge on any atom is -0.494 e. The van der Waals surface area contributed by atoms with Gasteiger partial charge in [-0.25, -0.2) is 14.2 Å². The second kappa shape index (κ2) is 7.03. The van der Waals surface area contributed by atoms with Gasteiger partial charge >= 0.3 is 12.2 Å². The first-order chi connectivity index (χ1) is 10.8. The highest BCUT2D eigenvalue weighted by Crippen LogP contribution is 2.34. The quantitative estimate of drug-likeness (QED) is 0.863. The standard InChI is InChI=1S/C14H16F4N2O3/c1-22-11-5-4-9(8-10(11)15)12(14(16,17)18)19-13(21)20-6-2-3-7-23-20/h4-5,8,12H,2-3,6-7H2,1H3,(H,19,21)/t12-/m0/s1. The predicted molar refractivity (Wildman–Crippen MR) is 72.2 cm³/mol. The summed E-state index contributed by atoms with van der Waals surface area (Å²) in [4.78, 5) is 16.9. The number of nitrogens with one attached hydrogen (secondary N) is 1. The average Bonchev–Trinajstić information content (AvgIpc) is 2.52. The highest BCUT2D eigenvalue weighted by molar-refractivity contribution is 5.73. The van der Waals surface area contributed by atoms with Crippen LogP contribution in [-0.2, 0) is 4.84 Å². The van der Waals surface area contributed by atoms with E-state index in [-0.39, 0.29) is 18.9 Å². The molecule has 5 nitrogen and oxygen atoms in total. The van der Waals surface area contributed by atoms with E-state index in [9.17, 15) is 22.4 Å². The summed E-state index contributed by atoms with van der Waals surface area (Å²) in [5, 5.41) is 2.69. The zero-order valence-electron chi connectivity index (χ0n) is 12.3. The zero-order valence-corrected chi connectivity index (χ0v) is 12.3. The second-order valence-electron chi connectivity index (χ2n) is 4.96. The lowest BCUT2D eigenvalue weighted by molar-refractivity contribution is -0.165. The lowest BCUT2D eigenvalue weighted by Crippen LogP contribution is -2.47. The van der Waals surface area contributed by atoms with Crippen molar-refractivity contribution in [3.63, 3.8) is 0 Å². The van der Waals surface area contributed by atoms with Gasteiger partial charge in [0.05, 0.1) is 20.3 Å². The maximum Gasteiger partial charge on any atom is 0.412 e. The summed E-state index contributed by atoms with van der Waals surface area (Å²) in [7, 11) is 1.20. The first kappa shape index (κ1) is 17.3. The van der Waals surface area contributed by atoms with Crippen molar-refractivity contribution in [3.8, 4) is 5.75 Å². The number of amides is 2. The van der Waals surface area contributed by atoms with Gasteiger partial charge in [-0.1, -0.05) is 6.07 Å². The number of carbonyl (C=O) groups is 1. The van der Waals surface area contributed by atoms with Crippen LogP contribution in [0.25, 0.3) is 0 Å². The Hall–Kier alpha value is -2.03. The highest BCUT2D eigenvalue weighted by atomic mass is 19.4. The molecular weight excluding hydrogens is 320 g/mol. The third kappa shape index (κ3) is 4.25. The Morgan fingerprint density at radius 3 is 2.65 bits per heavy atom. The first-order valence-electron chi connectivity index (χ1n) is 6.94.